The molecular formula is C24H31ClO5S. The van der Waals surface area contributed by atoms with Gasteiger partial charge >= 0.3 is 5.97 Å². The van der Waals surface area contributed by atoms with Crippen LogP contribution in [-0.4, -0.2) is 44.5 Å². The summed E-state index contributed by atoms with van der Waals surface area (Å²) in [6.45, 7) is 0.138. The summed E-state index contributed by atoms with van der Waals surface area (Å²) in [7, 11) is 0. The molecule has 1 heterocycles. The zero-order valence-electron chi connectivity index (χ0n) is 17.5. The van der Waals surface area contributed by atoms with Crippen LogP contribution in [0.5, 0.6) is 0 Å². The largest absolute Gasteiger partial charge is 0.477 e. The lowest BCUT2D eigenvalue weighted by Gasteiger charge is -2.24. The monoisotopic (exact) mass is 466 g/mol. The zero-order chi connectivity index (χ0) is 22.4. The maximum absolute atomic E-state index is 11.0. The Morgan fingerprint density at radius 3 is 2.52 bits per heavy atom. The van der Waals surface area contributed by atoms with E-state index in [9.17, 15) is 15.0 Å². The molecule has 2 aromatic rings. The number of thiophene rings is 1. The van der Waals surface area contributed by atoms with Gasteiger partial charge in [-0.15, -0.1) is 22.9 Å². The number of aromatic carboxylic acids is 1. The second-order valence-electron chi connectivity index (χ2n) is 8.37. The molecule has 3 rings (SSSR count). The molecule has 1 aliphatic carbocycles. The number of carboxylic acid groups (broad SMARTS) is 1. The van der Waals surface area contributed by atoms with E-state index >= 15 is 0 Å². The summed E-state index contributed by atoms with van der Waals surface area (Å²) in [6, 6.07) is 11.3. The molecule has 0 saturated heterocycles. The van der Waals surface area contributed by atoms with E-state index in [0.29, 0.717) is 24.1 Å². The van der Waals surface area contributed by atoms with E-state index in [0.717, 1.165) is 41.7 Å². The molecule has 1 aromatic heterocycles. The van der Waals surface area contributed by atoms with Gasteiger partial charge in [-0.1, -0.05) is 24.3 Å². The summed E-state index contributed by atoms with van der Waals surface area (Å²) in [5, 5.41) is 38.8. The van der Waals surface area contributed by atoms with Crippen LogP contribution in [0.3, 0.4) is 0 Å². The molecule has 1 aromatic carbocycles. The predicted molar refractivity (Wildman–Crippen MR) is 123 cm³/mol. The van der Waals surface area contributed by atoms with Gasteiger partial charge in [0.25, 0.3) is 0 Å². The van der Waals surface area contributed by atoms with Crippen LogP contribution in [0.15, 0.2) is 36.4 Å². The van der Waals surface area contributed by atoms with Gasteiger partial charge in [-0.3, -0.25) is 0 Å². The van der Waals surface area contributed by atoms with Crippen LogP contribution in [0.2, 0.25) is 0 Å². The molecule has 1 unspecified atom stereocenters. The third-order valence-corrected chi connectivity index (χ3v) is 7.87. The van der Waals surface area contributed by atoms with Crippen LogP contribution in [-0.2, 0) is 6.42 Å². The third kappa shape index (κ3) is 6.30. The van der Waals surface area contributed by atoms with Crippen LogP contribution in [0.25, 0.3) is 0 Å². The fraction of sp³-hybridized carbons (Fsp3) is 0.542. The van der Waals surface area contributed by atoms with Gasteiger partial charge in [-0.2, -0.15) is 0 Å². The van der Waals surface area contributed by atoms with Gasteiger partial charge < -0.3 is 20.4 Å². The minimum absolute atomic E-state index is 0.0407. The first kappa shape index (κ1) is 24.2. The van der Waals surface area contributed by atoms with Gasteiger partial charge in [0.2, 0.25) is 0 Å². The number of alkyl halides is 1. The molecule has 0 bridgehead atoms. The van der Waals surface area contributed by atoms with Gasteiger partial charge in [0.05, 0.1) is 12.2 Å². The Balaban J connectivity index is 1.61. The van der Waals surface area contributed by atoms with Crippen LogP contribution in [0.1, 0.15) is 76.2 Å². The normalized spacial score (nSPS) is 24.4. The Morgan fingerprint density at radius 2 is 1.87 bits per heavy atom. The molecule has 1 saturated carbocycles. The molecule has 1 aliphatic rings. The van der Waals surface area contributed by atoms with Crippen molar-refractivity contribution in [3.05, 3.63) is 57.3 Å². The molecule has 0 radical (unpaired) electrons. The number of halogens is 1. The summed E-state index contributed by atoms with van der Waals surface area (Å²) < 4.78 is 0. The molecule has 5 nitrogen and oxygen atoms in total. The van der Waals surface area contributed by atoms with Gasteiger partial charge in [-0.05, 0) is 74.1 Å². The lowest BCUT2D eigenvalue weighted by atomic mass is 9.84. The summed E-state index contributed by atoms with van der Waals surface area (Å²) in [5.74, 6) is -0.782. The summed E-state index contributed by atoms with van der Waals surface area (Å²) in [4.78, 5) is 12.5. The maximum Gasteiger partial charge on any atom is 0.345 e. The minimum atomic E-state index is -0.891. The molecule has 0 amide bonds. The summed E-state index contributed by atoms with van der Waals surface area (Å²) in [6.07, 6.45) is 4.15. The van der Waals surface area contributed by atoms with E-state index < -0.39 is 18.2 Å². The van der Waals surface area contributed by atoms with Crippen LogP contribution >= 0.6 is 22.9 Å². The highest BCUT2D eigenvalue weighted by Crippen LogP contribution is 2.45. The number of aliphatic hydroxyl groups excluding tert-OH is 3. The average Bonchev–Trinajstić information content (AvgIpc) is 3.33. The Kier molecular flexibility index (Phi) is 8.93. The molecule has 5 atom stereocenters. The number of hydrogen-bond donors (Lipinski definition) is 4. The van der Waals surface area contributed by atoms with E-state index in [1.165, 1.54) is 11.3 Å². The summed E-state index contributed by atoms with van der Waals surface area (Å²) in [5.41, 5.74) is 1.89. The van der Waals surface area contributed by atoms with Crippen LogP contribution < -0.4 is 0 Å². The molecule has 0 spiro atoms. The zero-order valence-corrected chi connectivity index (χ0v) is 19.1. The quantitative estimate of drug-likeness (QED) is 0.283. The SMILES string of the molecule is O=C(O)c1ccc(CCC[C@@H]2[C@@H](c3ccc(C(O)CCCCO)cc3)[C@H](O)C[C@H]2Cl)s1. The summed E-state index contributed by atoms with van der Waals surface area (Å²) >= 11 is 7.92. The fourth-order valence-corrected chi connectivity index (χ4v) is 5.94. The van der Waals surface area contributed by atoms with E-state index in [-0.39, 0.29) is 23.8 Å². The lowest BCUT2D eigenvalue weighted by Crippen LogP contribution is -2.19. The van der Waals surface area contributed by atoms with Crippen molar-refractivity contribution in [1.82, 2.24) is 0 Å². The van der Waals surface area contributed by atoms with E-state index in [4.69, 9.17) is 21.8 Å². The van der Waals surface area contributed by atoms with Crippen molar-refractivity contribution in [3.63, 3.8) is 0 Å². The first-order chi connectivity index (χ1) is 14.9. The van der Waals surface area contributed by atoms with Crippen molar-refractivity contribution >= 4 is 28.9 Å². The Bertz CT molecular complexity index is 837. The van der Waals surface area contributed by atoms with E-state index in [1.807, 2.05) is 30.3 Å². The molecule has 7 heteroatoms. The number of aryl methyl sites for hydroxylation is 1. The minimum Gasteiger partial charge on any atom is -0.477 e. The molecule has 31 heavy (non-hydrogen) atoms. The van der Waals surface area contributed by atoms with Crippen molar-refractivity contribution in [3.8, 4) is 0 Å². The lowest BCUT2D eigenvalue weighted by molar-refractivity contribution is 0.0702. The van der Waals surface area contributed by atoms with Crippen molar-refractivity contribution in [2.24, 2.45) is 5.92 Å². The smallest absolute Gasteiger partial charge is 0.345 e. The second-order valence-corrected chi connectivity index (χ2v) is 10.1. The van der Waals surface area contributed by atoms with Gasteiger partial charge in [0, 0.05) is 22.8 Å². The predicted octanol–water partition coefficient (Wildman–Crippen LogP) is 4.74. The molecule has 4 N–H and O–H groups in total. The Morgan fingerprint density at radius 1 is 1.13 bits per heavy atom. The standard InChI is InChI=1S/C24H31ClO5S/c25-19-14-21(28)23(16-9-7-15(8-10-16)20(27)6-1-2-13-26)18(19)5-3-4-17-11-12-22(31-17)24(29)30/h7-12,18-21,23,26-28H,1-6,13-14H2,(H,29,30)/t18-,19+,20?,21+,23+/m0/s1. The fourth-order valence-electron chi connectivity index (χ4n) is 4.59. The van der Waals surface area contributed by atoms with E-state index in [1.54, 1.807) is 6.07 Å². The Hall–Kier alpha value is -1.44. The first-order valence-electron chi connectivity index (χ1n) is 10.9. The maximum atomic E-state index is 11.0. The first-order valence-corrected chi connectivity index (χ1v) is 12.2. The van der Waals surface area contributed by atoms with Gasteiger partial charge in [0.15, 0.2) is 0 Å². The van der Waals surface area contributed by atoms with Gasteiger partial charge in [-0.25, -0.2) is 4.79 Å². The number of unbranched alkanes of at least 4 members (excludes halogenated alkanes) is 1. The molecular weight excluding hydrogens is 436 g/mol. The van der Waals surface area contributed by atoms with Crippen molar-refractivity contribution in [1.29, 1.82) is 0 Å². The number of aliphatic hydroxyl groups is 3. The van der Waals surface area contributed by atoms with Crippen LogP contribution in [0.4, 0.5) is 0 Å². The number of carbonyl (C=O) groups is 1. The molecule has 170 valence electrons. The Labute approximate surface area is 192 Å². The highest BCUT2D eigenvalue weighted by Gasteiger charge is 2.41. The van der Waals surface area contributed by atoms with Crippen LogP contribution in [0, 0.1) is 5.92 Å². The number of rotatable bonds is 11. The van der Waals surface area contributed by atoms with Gasteiger partial charge in [0.1, 0.15) is 4.88 Å². The van der Waals surface area contributed by atoms with Crippen molar-refractivity contribution < 1.29 is 25.2 Å². The highest BCUT2D eigenvalue weighted by molar-refractivity contribution is 7.13. The van der Waals surface area contributed by atoms with Crippen molar-refractivity contribution in [2.75, 3.05) is 6.61 Å². The highest BCUT2D eigenvalue weighted by atomic mass is 35.5. The molecule has 1 fully saturated rings. The second kappa shape index (κ2) is 11.4. The topological polar surface area (TPSA) is 98.0 Å². The van der Waals surface area contributed by atoms with E-state index in [2.05, 4.69) is 0 Å². The molecule has 0 aliphatic heterocycles. The number of benzene rings is 1. The third-order valence-electron chi connectivity index (χ3n) is 6.23. The van der Waals surface area contributed by atoms with Crippen molar-refractivity contribution in [2.45, 2.75) is 68.4 Å². The average molecular weight is 467 g/mol. The number of hydrogen-bond acceptors (Lipinski definition) is 5. The number of carboxylic acids is 1.